The molecule has 0 aliphatic heterocycles. The van der Waals surface area contributed by atoms with Crippen molar-refractivity contribution in [3.05, 3.63) is 135 Å². The van der Waals surface area contributed by atoms with Crippen molar-refractivity contribution in [1.82, 2.24) is 0 Å². The van der Waals surface area contributed by atoms with E-state index in [4.69, 9.17) is 11.6 Å². The minimum absolute atomic E-state index is 0.0553. The molecular weight excluding hydrogens is 528 g/mol. The van der Waals surface area contributed by atoms with E-state index in [-0.39, 0.29) is 16.2 Å². The second-order valence-electron chi connectivity index (χ2n) is 14.0. The normalized spacial score (nSPS) is 20.1. The lowest BCUT2D eigenvalue weighted by molar-refractivity contribution is 0.285. The quantitative estimate of drug-likeness (QED) is 0.213. The summed E-state index contributed by atoms with van der Waals surface area (Å²) >= 11 is 6.37. The first kappa shape index (κ1) is 28.8. The predicted octanol–water partition coefficient (Wildman–Crippen LogP) is 12.0. The molecule has 4 aromatic rings. The first-order chi connectivity index (χ1) is 20.0. The van der Waals surface area contributed by atoms with E-state index in [0.29, 0.717) is 5.92 Å². The monoisotopic (exact) mass is 570 g/mol. The summed E-state index contributed by atoms with van der Waals surface area (Å²) < 4.78 is 0. The van der Waals surface area contributed by atoms with Gasteiger partial charge in [0.05, 0.1) is 5.41 Å². The van der Waals surface area contributed by atoms with Crippen molar-refractivity contribution in [3.8, 4) is 22.3 Å². The van der Waals surface area contributed by atoms with Gasteiger partial charge in [-0.05, 0) is 96.5 Å². The highest BCUT2D eigenvalue weighted by Crippen LogP contribution is 2.66. The SMILES string of the molecule is CC.CC(C)(C)c1ccc2c(c1)C1(C3=C2C=CC(C(C)(C)C)C3)c2ccccc2-c2cccc(-c3ccc(Cl)cc3)c21. The van der Waals surface area contributed by atoms with E-state index in [1.54, 1.807) is 5.57 Å². The van der Waals surface area contributed by atoms with Gasteiger partial charge in [0, 0.05) is 5.02 Å². The van der Waals surface area contributed by atoms with Gasteiger partial charge in [-0.1, -0.05) is 152 Å². The maximum atomic E-state index is 6.37. The third-order valence-corrected chi connectivity index (χ3v) is 9.86. The van der Waals surface area contributed by atoms with Gasteiger partial charge in [-0.2, -0.15) is 0 Å². The summed E-state index contributed by atoms with van der Waals surface area (Å²) in [5, 5.41) is 0.769. The molecule has 7 rings (SSSR count). The lowest BCUT2D eigenvalue weighted by Crippen LogP contribution is -2.32. The van der Waals surface area contributed by atoms with Crippen molar-refractivity contribution in [2.24, 2.45) is 11.3 Å². The minimum atomic E-state index is -0.331. The summed E-state index contributed by atoms with van der Waals surface area (Å²) in [5.41, 5.74) is 15.2. The Kier molecular flexibility index (Phi) is 6.94. The van der Waals surface area contributed by atoms with Crippen molar-refractivity contribution >= 4 is 17.2 Å². The summed E-state index contributed by atoms with van der Waals surface area (Å²) in [6.07, 6.45) is 5.98. The number of hydrogen-bond donors (Lipinski definition) is 0. The molecule has 0 N–H and O–H groups in total. The van der Waals surface area contributed by atoms with Crippen LogP contribution >= 0.6 is 11.6 Å². The zero-order chi connectivity index (χ0) is 30.0. The van der Waals surface area contributed by atoms with Gasteiger partial charge in [0.15, 0.2) is 0 Å². The van der Waals surface area contributed by atoms with Crippen molar-refractivity contribution < 1.29 is 0 Å². The minimum Gasteiger partial charge on any atom is -0.0843 e. The largest absolute Gasteiger partial charge is 0.0843 e. The lowest BCUT2D eigenvalue weighted by atomic mass is 9.63. The topological polar surface area (TPSA) is 0 Å². The highest BCUT2D eigenvalue weighted by Gasteiger charge is 2.55. The Morgan fingerprint density at radius 3 is 2.05 bits per heavy atom. The molecule has 0 fully saturated rings. The van der Waals surface area contributed by atoms with Crippen molar-refractivity contribution in [1.29, 1.82) is 0 Å². The molecule has 0 nitrogen and oxygen atoms in total. The summed E-state index contributed by atoms with van der Waals surface area (Å²) in [7, 11) is 0. The molecule has 0 bridgehead atoms. The van der Waals surface area contributed by atoms with Gasteiger partial charge in [0.1, 0.15) is 0 Å². The van der Waals surface area contributed by atoms with Crippen LogP contribution in [0.4, 0.5) is 0 Å². The van der Waals surface area contributed by atoms with Crippen LogP contribution in [0.2, 0.25) is 5.02 Å². The van der Waals surface area contributed by atoms with E-state index < -0.39 is 0 Å². The molecule has 42 heavy (non-hydrogen) atoms. The lowest BCUT2D eigenvalue weighted by Gasteiger charge is -2.39. The Bertz CT molecular complexity index is 1730. The molecule has 0 amide bonds. The highest BCUT2D eigenvalue weighted by atomic mass is 35.5. The molecule has 2 unspecified atom stereocenters. The second kappa shape index (κ2) is 10.1. The summed E-state index contributed by atoms with van der Waals surface area (Å²) in [5.74, 6) is 0.471. The average Bonchev–Trinajstić information content (AvgIpc) is 3.44. The Morgan fingerprint density at radius 1 is 0.690 bits per heavy atom. The Hall–Kier alpha value is -3.35. The molecule has 0 radical (unpaired) electrons. The van der Waals surface area contributed by atoms with Crippen molar-refractivity contribution in [3.63, 3.8) is 0 Å². The molecule has 2 atom stereocenters. The van der Waals surface area contributed by atoms with E-state index in [9.17, 15) is 0 Å². The van der Waals surface area contributed by atoms with Crippen LogP contribution in [0, 0.1) is 11.3 Å². The fraction of sp³-hybridized carbons (Fsp3) is 0.317. The maximum absolute atomic E-state index is 6.37. The Balaban J connectivity index is 0.00000155. The first-order valence-corrected chi connectivity index (χ1v) is 16.0. The zero-order valence-corrected chi connectivity index (χ0v) is 27.2. The summed E-state index contributed by atoms with van der Waals surface area (Å²) in [4.78, 5) is 0. The number of rotatable bonds is 1. The Morgan fingerprint density at radius 2 is 1.36 bits per heavy atom. The van der Waals surface area contributed by atoms with Crippen LogP contribution in [-0.4, -0.2) is 0 Å². The van der Waals surface area contributed by atoms with E-state index >= 15 is 0 Å². The molecule has 214 valence electrons. The third-order valence-electron chi connectivity index (χ3n) is 9.61. The summed E-state index contributed by atoms with van der Waals surface area (Å²) in [6, 6.07) is 31.8. The van der Waals surface area contributed by atoms with Crippen LogP contribution in [0.1, 0.15) is 89.6 Å². The average molecular weight is 571 g/mol. The molecule has 3 aliphatic carbocycles. The molecule has 0 aromatic heterocycles. The van der Waals surface area contributed by atoms with Gasteiger partial charge in [0.25, 0.3) is 0 Å². The maximum Gasteiger partial charge on any atom is 0.0694 e. The molecule has 1 heteroatoms. The number of hydrogen-bond acceptors (Lipinski definition) is 0. The van der Waals surface area contributed by atoms with Gasteiger partial charge >= 0.3 is 0 Å². The van der Waals surface area contributed by atoms with Gasteiger partial charge in [-0.15, -0.1) is 0 Å². The fourth-order valence-corrected chi connectivity index (χ4v) is 7.58. The molecule has 0 saturated heterocycles. The number of fused-ring (bicyclic) bond motifs is 9. The van der Waals surface area contributed by atoms with Gasteiger partial charge in [-0.25, -0.2) is 0 Å². The first-order valence-electron chi connectivity index (χ1n) is 15.6. The standard InChI is InChI=1S/C39H37Cl.C2H6/c1-37(2,3)25-16-20-30-31-21-17-26(38(4,5)6)23-35(31)39(34(30)22-25)33-13-8-7-10-29(33)32-12-9-11-28(36(32)39)24-14-18-27(40)19-15-24;1-2/h7-22,26H,23H2,1-6H3;1-2H3. The highest BCUT2D eigenvalue weighted by molar-refractivity contribution is 6.30. The molecule has 3 aliphatic rings. The van der Waals surface area contributed by atoms with E-state index in [1.807, 2.05) is 26.0 Å². The second-order valence-corrected chi connectivity index (χ2v) is 14.4. The number of allylic oxidation sites excluding steroid dienone is 4. The van der Waals surface area contributed by atoms with Gasteiger partial charge in [0.2, 0.25) is 0 Å². The van der Waals surface area contributed by atoms with E-state index in [0.717, 1.165) is 11.4 Å². The molecule has 0 heterocycles. The van der Waals surface area contributed by atoms with Crippen LogP contribution in [0.25, 0.3) is 27.8 Å². The summed E-state index contributed by atoms with van der Waals surface area (Å²) in [6.45, 7) is 18.1. The van der Waals surface area contributed by atoms with Crippen LogP contribution < -0.4 is 0 Å². The van der Waals surface area contributed by atoms with E-state index in [2.05, 4.69) is 126 Å². The van der Waals surface area contributed by atoms with Crippen molar-refractivity contribution in [2.45, 2.75) is 72.6 Å². The van der Waals surface area contributed by atoms with Crippen LogP contribution in [-0.2, 0) is 10.8 Å². The third kappa shape index (κ3) is 4.17. The van der Waals surface area contributed by atoms with Crippen LogP contribution in [0.5, 0.6) is 0 Å². The number of benzene rings is 4. The van der Waals surface area contributed by atoms with Gasteiger partial charge < -0.3 is 0 Å². The molecule has 1 spiro atoms. The van der Waals surface area contributed by atoms with Gasteiger partial charge in [-0.3, -0.25) is 0 Å². The molecule has 4 aromatic carbocycles. The predicted molar refractivity (Wildman–Crippen MR) is 182 cm³/mol. The molecular formula is C41H43Cl. The zero-order valence-electron chi connectivity index (χ0n) is 26.4. The van der Waals surface area contributed by atoms with Crippen LogP contribution in [0.15, 0.2) is 103 Å². The van der Waals surface area contributed by atoms with Crippen LogP contribution in [0.3, 0.4) is 0 Å². The number of halogens is 1. The smallest absolute Gasteiger partial charge is 0.0694 e. The fourth-order valence-electron chi connectivity index (χ4n) is 7.46. The Labute approximate surface area is 258 Å². The molecule has 0 saturated carbocycles. The van der Waals surface area contributed by atoms with Crippen molar-refractivity contribution in [2.75, 3.05) is 0 Å². The van der Waals surface area contributed by atoms with E-state index in [1.165, 1.54) is 55.6 Å².